The smallest absolute Gasteiger partial charge is 0.193 e. The standard InChI is InChI=1S/C21H18O3/c22-18-11-9-15-13-16(21(23)14-5-2-1-3-6-14)8-10-17(15)20(18)19-7-4-12-24-19/h1-3,5-6,8-11,13,19,22H,4,7,12H2. The van der Waals surface area contributed by atoms with Gasteiger partial charge in [0, 0.05) is 23.3 Å². The van der Waals surface area contributed by atoms with Crippen LogP contribution >= 0.6 is 0 Å². The van der Waals surface area contributed by atoms with Gasteiger partial charge in [0.1, 0.15) is 5.75 Å². The van der Waals surface area contributed by atoms with Crippen molar-refractivity contribution < 1.29 is 14.6 Å². The van der Waals surface area contributed by atoms with Gasteiger partial charge < -0.3 is 9.84 Å². The maximum Gasteiger partial charge on any atom is 0.193 e. The van der Waals surface area contributed by atoms with Crippen LogP contribution < -0.4 is 0 Å². The number of phenols is 1. The number of carbonyl (C=O) groups is 1. The Morgan fingerprint density at radius 1 is 1.00 bits per heavy atom. The van der Waals surface area contributed by atoms with Crippen LogP contribution in [0.4, 0.5) is 0 Å². The van der Waals surface area contributed by atoms with Crippen LogP contribution in [0.1, 0.15) is 40.4 Å². The predicted octanol–water partition coefficient (Wildman–Crippen LogP) is 4.63. The zero-order chi connectivity index (χ0) is 16.5. The molecule has 3 heteroatoms. The first-order chi connectivity index (χ1) is 11.7. The fraction of sp³-hybridized carbons (Fsp3) is 0.190. The molecule has 0 saturated carbocycles. The van der Waals surface area contributed by atoms with Crippen molar-refractivity contribution in [2.45, 2.75) is 18.9 Å². The Hall–Kier alpha value is -2.65. The fourth-order valence-corrected chi connectivity index (χ4v) is 3.38. The van der Waals surface area contributed by atoms with Crippen LogP contribution in [0.25, 0.3) is 10.8 Å². The quantitative estimate of drug-likeness (QED) is 0.716. The summed E-state index contributed by atoms with van der Waals surface area (Å²) in [6, 6.07) is 18.4. The van der Waals surface area contributed by atoms with Gasteiger partial charge >= 0.3 is 0 Å². The molecule has 0 amide bonds. The number of hydrogen-bond acceptors (Lipinski definition) is 3. The minimum atomic E-state index is -0.0654. The number of rotatable bonds is 3. The number of benzene rings is 3. The summed E-state index contributed by atoms with van der Waals surface area (Å²) < 4.78 is 5.75. The van der Waals surface area contributed by atoms with E-state index in [9.17, 15) is 9.90 Å². The minimum absolute atomic E-state index is 0.00393. The van der Waals surface area contributed by atoms with Crippen molar-refractivity contribution in [2.24, 2.45) is 0 Å². The van der Waals surface area contributed by atoms with E-state index >= 15 is 0 Å². The van der Waals surface area contributed by atoms with Gasteiger partial charge in [-0.05, 0) is 35.7 Å². The number of ketones is 1. The topological polar surface area (TPSA) is 46.5 Å². The molecule has 1 aliphatic rings. The maximum atomic E-state index is 12.6. The summed E-state index contributed by atoms with van der Waals surface area (Å²) in [6.07, 6.45) is 1.85. The summed E-state index contributed by atoms with van der Waals surface area (Å²) in [5, 5.41) is 12.2. The van der Waals surface area contributed by atoms with E-state index in [1.54, 1.807) is 6.07 Å². The Kier molecular flexibility index (Phi) is 3.79. The highest BCUT2D eigenvalue weighted by Crippen LogP contribution is 2.39. The second kappa shape index (κ2) is 6.10. The van der Waals surface area contributed by atoms with E-state index in [0.717, 1.165) is 35.8 Å². The molecule has 120 valence electrons. The lowest BCUT2D eigenvalue weighted by atomic mass is 9.94. The van der Waals surface area contributed by atoms with Crippen molar-refractivity contribution in [1.29, 1.82) is 0 Å². The van der Waals surface area contributed by atoms with E-state index in [-0.39, 0.29) is 17.6 Å². The van der Waals surface area contributed by atoms with Gasteiger partial charge in [-0.3, -0.25) is 4.79 Å². The molecule has 1 atom stereocenters. The van der Waals surface area contributed by atoms with E-state index in [1.165, 1.54) is 0 Å². The summed E-state index contributed by atoms with van der Waals surface area (Å²) >= 11 is 0. The van der Waals surface area contributed by atoms with Crippen LogP contribution in [0.5, 0.6) is 5.75 Å². The van der Waals surface area contributed by atoms with E-state index in [4.69, 9.17) is 4.74 Å². The summed E-state index contributed by atoms with van der Waals surface area (Å²) in [5.41, 5.74) is 2.16. The maximum absolute atomic E-state index is 12.6. The molecule has 0 aromatic heterocycles. The van der Waals surface area contributed by atoms with Gasteiger partial charge in [0.15, 0.2) is 5.78 Å². The summed E-state index contributed by atoms with van der Waals surface area (Å²) in [5.74, 6) is 0.265. The third-order valence-electron chi connectivity index (χ3n) is 4.59. The molecule has 0 aliphatic carbocycles. The largest absolute Gasteiger partial charge is 0.508 e. The molecular weight excluding hydrogens is 300 g/mol. The highest BCUT2D eigenvalue weighted by Gasteiger charge is 2.23. The van der Waals surface area contributed by atoms with Gasteiger partial charge in [-0.1, -0.05) is 48.5 Å². The van der Waals surface area contributed by atoms with Gasteiger partial charge in [0.2, 0.25) is 0 Å². The number of aromatic hydroxyl groups is 1. The molecule has 0 radical (unpaired) electrons. The Morgan fingerprint density at radius 2 is 1.83 bits per heavy atom. The van der Waals surface area contributed by atoms with Crippen molar-refractivity contribution in [3.63, 3.8) is 0 Å². The molecular formula is C21H18O3. The third kappa shape index (κ3) is 2.57. The van der Waals surface area contributed by atoms with Gasteiger partial charge in [0.25, 0.3) is 0 Å². The first kappa shape index (κ1) is 14.9. The van der Waals surface area contributed by atoms with Crippen LogP contribution in [0.15, 0.2) is 60.7 Å². The molecule has 1 unspecified atom stereocenters. The highest BCUT2D eigenvalue weighted by molar-refractivity contribution is 6.10. The van der Waals surface area contributed by atoms with Crippen LogP contribution in [-0.4, -0.2) is 17.5 Å². The highest BCUT2D eigenvalue weighted by atomic mass is 16.5. The molecule has 1 N–H and O–H groups in total. The van der Waals surface area contributed by atoms with Crippen LogP contribution in [0.2, 0.25) is 0 Å². The third-order valence-corrected chi connectivity index (χ3v) is 4.59. The molecule has 0 spiro atoms. The molecule has 3 aromatic rings. The van der Waals surface area contributed by atoms with Gasteiger partial charge in [-0.25, -0.2) is 0 Å². The van der Waals surface area contributed by atoms with E-state index in [0.29, 0.717) is 11.1 Å². The number of fused-ring (bicyclic) bond motifs is 1. The molecule has 1 heterocycles. The lowest BCUT2D eigenvalue weighted by Crippen LogP contribution is -2.02. The Balaban J connectivity index is 1.79. The number of hydrogen-bond donors (Lipinski definition) is 1. The summed E-state index contributed by atoms with van der Waals surface area (Å²) in [6.45, 7) is 0.727. The van der Waals surface area contributed by atoms with Crippen molar-refractivity contribution in [3.8, 4) is 5.75 Å². The summed E-state index contributed by atoms with van der Waals surface area (Å²) in [7, 11) is 0. The van der Waals surface area contributed by atoms with Crippen LogP contribution in [-0.2, 0) is 4.74 Å². The number of ether oxygens (including phenoxy) is 1. The number of carbonyl (C=O) groups excluding carboxylic acids is 1. The van der Waals surface area contributed by atoms with Crippen LogP contribution in [0, 0.1) is 0 Å². The van der Waals surface area contributed by atoms with E-state index in [1.807, 2.05) is 54.6 Å². The minimum Gasteiger partial charge on any atom is -0.508 e. The summed E-state index contributed by atoms with van der Waals surface area (Å²) in [4.78, 5) is 12.6. The zero-order valence-corrected chi connectivity index (χ0v) is 13.2. The first-order valence-corrected chi connectivity index (χ1v) is 8.21. The number of phenolic OH excluding ortho intramolecular Hbond substituents is 1. The molecule has 0 bridgehead atoms. The SMILES string of the molecule is O=C(c1ccccc1)c1ccc2c(C3CCCO3)c(O)ccc2c1. The molecule has 4 rings (SSSR count). The zero-order valence-electron chi connectivity index (χ0n) is 13.2. The molecule has 1 aliphatic heterocycles. The van der Waals surface area contributed by atoms with Crippen molar-refractivity contribution >= 4 is 16.6 Å². The monoisotopic (exact) mass is 318 g/mol. The molecule has 3 aromatic carbocycles. The van der Waals surface area contributed by atoms with Crippen molar-refractivity contribution in [2.75, 3.05) is 6.61 Å². The lowest BCUT2D eigenvalue weighted by molar-refractivity contribution is 0.103. The molecule has 24 heavy (non-hydrogen) atoms. The molecule has 1 fully saturated rings. The Bertz CT molecular complexity index is 894. The van der Waals surface area contributed by atoms with Crippen molar-refractivity contribution in [1.82, 2.24) is 0 Å². The van der Waals surface area contributed by atoms with Gasteiger partial charge in [0.05, 0.1) is 6.10 Å². The van der Waals surface area contributed by atoms with Crippen LogP contribution in [0.3, 0.4) is 0 Å². The van der Waals surface area contributed by atoms with Crippen molar-refractivity contribution in [3.05, 3.63) is 77.4 Å². The first-order valence-electron chi connectivity index (χ1n) is 8.21. The fourth-order valence-electron chi connectivity index (χ4n) is 3.38. The Morgan fingerprint density at radius 3 is 2.58 bits per heavy atom. The van der Waals surface area contributed by atoms with Gasteiger partial charge in [-0.15, -0.1) is 0 Å². The van der Waals surface area contributed by atoms with E-state index < -0.39 is 0 Å². The normalized spacial score (nSPS) is 17.2. The second-order valence-corrected chi connectivity index (χ2v) is 6.13. The van der Waals surface area contributed by atoms with Gasteiger partial charge in [-0.2, -0.15) is 0 Å². The molecule has 3 nitrogen and oxygen atoms in total. The second-order valence-electron chi connectivity index (χ2n) is 6.13. The average molecular weight is 318 g/mol. The Labute approximate surface area is 140 Å². The molecule has 1 saturated heterocycles. The lowest BCUT2D eigenvalue weighted by Gasteiger charge is -2.15. The predicted molar refractivity (Wildman–Crippen MR) is 93.4 cm³/mol. The van der Waals surface area contributed by atoms with E-state index in [2.05, 4.69) is 0 Å². The average Bonchev–Trinajstić information content (AvgIpc) is 3.15.